The Balaban J connectivity index is 2.65. The molecule has 0 bridgehead atoms. The largest absolute Gasteiger partial charge is 0.481 e. The zero-order valence-electron chi connectivity index (χ0n) is 7.46. The van der Waals surface area contributed by atoms with Crippen LogP contribution in [0.4, 0.5) is 0 Å². The van der Waals surface area contributed by atoms with Gasteiger partial charge in [-0.1, -0.05) is 11.6 Å². The zero-order chi connectivity index (χ0) is 11.0. The average Bonchev–Trinajstić information content (AvgIpc) is 2.43. The van der Waals surface area contributed by atoms with E-state index >= 15 is 0 Å². The van der Waals surface area contributed by atoms with Crippen molar-refractivity contribution in [3.05, 3.63) is 34.0 Å². The molecular weight excluding hydrogens is 239 g/mol. The standard InChI is InChI=1S/C10H6Cl2O3/c11-5-1-2-8-6(3-5)7(4-9(13)14)10(12)15-8/h1-3H,4H2,(H,13,14). The van der Waals surface area contributed by atoms with E-state index in [9.17, 15) is 4.79 Å². The number of carboxylic acids is 1. The van der Waals surface area contributed by atoms with Crippen LogP contribution < -0.4 is 0 Å². The molecule has 0 amide bonds. The summed E-state index contributed by atoms with van der Waals surface area (Å²) in [6.07, 6.45) is -0.174. The van der Waals surface area contributed by atoms with Crippen LogP contribution in [0, 0.1) is 0 Å². The molecule has 0 aliphatic carbocycles. The summed E-state index contributed by atoms with van der Waals surface area (Å²) in [5.41, 5.74) is 1.00. The summed E-state index contributed by atoms with van der Waals surface area (Å²) >= 11 is 11.6. The molecule has 0 radical (unpaired) electrons. The van der Waals surface area contributed by atoms with Crippen molar-refractivity contribution in [3.63, 3.8) is 0 Å². The molecular formula is C10H6Cl2O3. The lowest BCUT2D eigenvalue weighted by Crippen LogP contribution is -1.99. The summed E-state index contributed by atoms with van der Waals surface area (Å²) in [5, 5.41) is 9.98. The van der Waals surface area contributed by atoms with Gasteiger partial charge >= 0.3 is 5.97 Å². The number of hydrogen-bond donors (Lipinski definition) is 1. The predicted molar refractivity (Wildman–Crippen MR) is 57.6 cm³/mol. The first-order valence-electron chi connectivity index (χ1n) is 4.16. The van der Waals surface area contributed by atoms with Crippen LogP contribution >= 0.6 is 23.2 Å². The lowest BCUT2D eigenvalue weighted by Gasteiger charge is -1.94. The monoisotopic (exact) mass is 244 g/mol. The second-order valence-corrected chi connectivity index (χ2v) is 3.85. The number of carboxylic acid groups (broad SMARTS) is 1. The number of benzene rings is 1. The molecule has 0 unspecified atom stereocenters. The highest BCUT2D eigenvalue weighted by Gasteiger charge is 2.15. The topological polar surface area (TPSA) is 50.4 Å². The van der Waals surface area contributed by atoms with Crippen molar-refractivity contribution in [2.75, 3.05) is 0 Å². The van der Waals surface area contributed by atoms with Crippen LogP contribution in [0.25, 0.3) is 11.0 Å². The molecule has 0 saturated carbocycles. The molecule has 2 aromatic rings. The minimum absolute atomic E-state index is 0.106. The molecule has 15 heavy (non-hydrogen) atoms. The van der Waals surface area contributed by atoms with Crippen LogP contribution in [0.1, 0.15) is 5.56 Å². The van der Waals surface area contributed by atoms with Gasteiger partial charge in [-0.2, -0.15) is 0 Å². The van der Waals surface area contributed by atoms with E-state index in [-0.39, 0.29) is 11.6 Å². The molecule has 0 atom stereocenters. The molecule has 2 rings (SSSR count). The molecule has 1 N–H and O–H groups in total. The van der Waals surface area contributed by atoms with E-state index in [2.05, 4.69) is 0 Å². The molecule has 78 valence electrons. The normalized spacial score (nSPS) is 10.8. The van der Waals surface area contributed by atoms with Crippen molar-refractivity contribution in [1.82, 2.24) is 0 Å². The van der Waals surface area contributed by atoms with E-state index in [1.807, 2.05) is 0 Å². The Morgan fingerprint density at radius 1 is 1.40 bits per heavy atom. The zero-order valence-corrected chi connectivity index (χ0v) is 8.97. The van der Waals surface area contributed by atoms with Crippen molar-refractivity contribution in [2.45, 2.75) is 6.42 Å². The van der Waals surface area contributed by atoms with Gasteiger partial charge in [-0.05, 0) is 29.8 Å². The van der Waals surface area contributed by atoms with Gasteiger partial charge < -0.3 is 9.52 Å². The second kappa shape index (κ2) is 3.76. The summed E-state index contributed by atoms with van der Waals surface area (Å²) < 4.78 is 5.20. The SMILES string of the molecule is O=C(O)Cc1c(Cl)oc2ccc(Cl)cc12. The lowest BCUT2D eigenvalue weighted by atomic mass is 10.1. The van der Waals surface area contributed by atoms with Crippen LogP contribution in [0.15, 0.2) is 22.6 Å². The maximum absolute atomic E-state index is 10.6. The van der Waals surface area contributed by atoms with E-state index in [0.29, 0.717) is 21.6 Å². The highest BCUT2D eigenvalue weighted by atomic mass is 35.5. The maximum Gasteiger partial charge on any atom is 0.308 e. The Bertz CT molecular complexity index is 531. The third kappa shape index (κ3) is 1.94. The highest BCUT2D eigenvalue weighted by Crippen LogP contribution is 2.31. The van der Waals surface area contributed by atoms with Gasteiger partial charge in [-0.15, -0.1) is 0 Å². The maximum atomic E-state index is 10.6. The van der Waals surface area contributed by atoms with Crippen molar-refractivity contribution >= 4 is 40.1 Å². The number of rotatable bonds is 2. The van der Waals surface area contributed by atoms with Crippen molar-refractivity contribution < 1.29 is 14.3 Å². The van der Waals surface area contributed by atoms with Crippen LogP contribution in [-0.4, -0.2) is 11.1 Å². The van der Waals surface area contributed by atoms with Gasteiger partial charge in [0.2, 0.25) is 0 Å². The van der Waals surface area contributed by atoms with Crippen LogP contribution in [0.5, 0.6) is 0 Å². The number of carbonyl (C=O) groups is 1. The number of fused-ring (bicyclic) bond motifs is 1. The summed E-state index contributed by atoms with van der Waals surface area (Å²) in [7, 11) is 0. The average molecular weight is 245 g/mol. The fourth-order valence-electron chi connectivity index (χ4n) is 1.41. The Kier molecular flexibility index (Phi) is 2.59. The minimum Gasteiger partial charge on any atom is -0.481 e. The summed E-state index contributed by atoms with van der Waals surface area (Å²) in [5.74, 6) is -0.959. The van der Waals surface area contributed by atoms with Gasteiger partial charge in [0.1, 0.15) is 5.58 Å². The molecule has 0 fully saturated rings. The molecule has 0 saturated heterocycles. The summed E-state index contributed by atoms with van der Waals surface area (Å²) in [4.78, 5) is 10.6. The predicted octanol–water partition coefficient (Wildman–Crippen LogP) is 3.37. The van der Waals surface area contributed by atoms with Crippen molar-refractivity contribution in [1.29, 1.82) is 0 Å². The smallest absolute Gasteiger partial charge is 0.308 e. The van der Waals surface area contributed by atoms with Gasteiger partial charge in [-0.3, -0.25) is 4.79 Å². The third-order valence-corrected chi connectivity index (χ3v) is 2.57. The van der Waals surface area contributed by atoms with E-state index < -0.39 is 5.97 Å². The molecule has 3 nitrogen and oxygen atoms in total. The van der Waals surface area contributed by atoms with E-state index in [0.717, 1.165) is 0 Å². The molecule has 0 aliphatic heterocycles. The second-order valence-electron chi connectivity index (χ2n) is 3.07. The fourth-order valence-corrected chi connectivity index (χ4v) is 1.83. The Morgan fingerprint density at radius 2 is 2.13 bits per heavy atom. The Labute approximate surface area is 95.2 Å². The van der Waals surface area contributed by atoms with E-state index in [1.54, 1.807) is 18.2 Å². The fraction of sp³-hybridized carbons (Fsp3) is 0.100. The quantitative estimate of drug-likeness (QED) is 0.882. The first-order valence-corrected chi connectivity index (χ1v) is 4.92. The first-order chi connectivity index (χ1) is 7.08. The van der Waals surface area contributed by atoms with E-state index in [4.69, 9.17) is 32.7 Å². The van der Waals surface area contributed by atoms with Crippen molar-refractivity contribution in [2.24, 2.45) is 0 Å². The Morgan fingerprint density at radius 3 is 2.80 bits per heavy atom. The first kappa shape index (κ1) is 10.3. The summed E-state index contributed by atoms with van der Waals surface area (Å²) in [6, 6.07) is 4.97. The molecule has 0 aliphatic rings. The lowest BCUT2D eigenvalue weighted by molar-refractivity contribution is -0.136. The molecule has 1 heterocycles. The minimum atomic E-state index is -0.959. The molecule has 1 aromatic carbocycles. The van der Waals surface area contributed by atoms with Gasteiger partial charge in [0, 0.05) is 16.0 Å². The highest BCUT2D eigenvalue weighted by molar-refractivity contribution is 6.32. The molecule has 1 aromatic heterocycles. The molecule has 5 heteroatoms. The molecule has 0 spiro atoms. The van der Waals surface area contributed by atoms with Crippen molar-refractivity contribution in [3.8, 4) is 0 Å². The summed E-state index contributed by atoms with van der Waals surface area (Å²) in [6.45, 7) is 0. The number of hydrogen-bond acceptors (Lipinski definition) is 2. The van der Waals surface area contributed by atoms with Gasteiger partial charge in [0.15, 0.2) is 5.22 Å². The van der Waals surface area contributed by atoms with Crippen LogP contribution in [0.2, 0.25) is 10.2 Å². The van der Waals surface area contributed by atoms with Crippen LogP contribution in [-0.2, 0) is 11.2 Å². The third-order valence-electron chi connectivity index (χ3n) is 2.03. The number of aliphatic carboxylic acids is 1. The van der Waals surface area contributed by atoms with Crippen LogP contribution in [0.3, 0.4) is 0 Å². The number of halogens is 2. The van der Waals surface area contributed by atoms with Gasteiger partial charge in [0.05, 0.1) is 6.42 Å². The van der Waals surface area contributed by atoms with E-state index in [1.165, 1.54) is 0 Å². The van der Waals surface area contributed by atoms with Gasteiger partial charge in [-0.25, -0.2) is 0 Å². The number of furan rings is 1. The Hall–Kier alpha value is -1.19. The van der Waals surface area contributed by atoms with Gasteiger partial charge in [0.25, 0.3) is 0 Å².